The number of amides is 1. The summed E-state index contributed by atoms with van der Waals surface area (Å²) in [5.41, 5.74) is 3.56. The van der Waals surface area contributed by atoms with Crippen molar-refractivity contribution in [3.8, 4) is 0 Å². The van der Waals surface area contributed by atoms with E-state index in [1.165, 1.54) is 11.1 Å². The second-order valence-electron chi connectivity index (χ2n) is 7.35. The third kappa shape index (κ3) is 4.93. The first-order chi connectivity index (χ1) is 12.1. The van der Waals surface area contributed by atoms with E-state index in [9.17, 15) is 4.79 Å². The van der Waals surface area contributed by atoms with E-state index in [0.717, 1.165) is 44.7 Å². The maximum absolute atomic E-state index is 12.5. The van der Waals surface area contributed by atoms with Gasteiger partial charge in [0.25, 0.3) is 5.91 Å². The van der Waals surface area contributed by atoms with Crippen LogP contribution < -0.4 is 0 Å². The third-order valence-corrected chi connectivity index (χ3v) is 4.75. The highest BCUT2D eigenvalue weighted by Crippen LogP contribution is 2.14. The fourth-order valence-electron chi connectivity index (χ4n) is 3.38. The van der Waals surface area contributed by atoms with Gasteiger partial charge in [0.2, 0.25) is 0 Å². The van der Waals surface area contributed by atoms with Gasteiger partial charge >= 0.3 is 0 Å². The Labute approximate surface area is 151 Å². The van der Waals surface area contributed by atoms with Crippen LogP contribution in [0.2, 0.25) is 0 Å². The number of hydrogen-bond acceptors (Lipinski definition) is 2. The van der Waals surface area contributed by atoms with E-state index in [1.807, 2.05) is 35.2 Å². The number of nitrogens with zero attached hydrogens (tertiary/aromatic N) is 2. The average Bonchev–Trinajstić information content (AvgIpc) is 2.64. The summed E-state index contributed by atoms with van der Waals surface area (Å²) in [4.78, 5) is 16.9. The molecule has 0 spiro atoms. The van der Waals surface area contributed by atoms with Crippen LogP contribution in [0.3, 0.4) is 0 Å². The molecule has 1 amide bonds. The average molecular weight is 336 g/mol. The van der Waals surface area contributed by atoms with Crippen LogP contribution in [-0.2, 0) is 13.0 Å². The van der Waals surface area contributed by atoms with Gasteiger partial charge < -0.3 is 4.90 Å². The molecule has 0 N–H and O–H groups in total. The highest BCUT2D eigenvalue weighted by molar-refractivity contribution is 5.94. The van der Waals surface area contributed by atoms with Crippen molar-refractivity contribution >= 4 is 5.91 Å². The molecular weight excluding hydrogens is 308 g/mol. The summed E-state index contributed by atoms with van der Waals surface area (Å²) in [6.45, 7) is 8.96. The molecule has 1 fully saturated rings. The largest absolute Gasteiger partial charge is 0.336 e. The van der Waals surface area contributed by atoms with Crippen molar-refractivity contribution in [3.05, 3.63) is 71.3 Å². The molecule has 25 heavy (non-hydrogen) atoms. The minimum Gasteiger partial charge on any atom is -0.336 e. The summed E-state index contributed by atoms with van der Waals surface area (Å²) in [5.74, 6) is 0.847. The minimum absolute atomic E-state index is 0.151. The Morgan fingerprint density at radius 3 is 2.08 bits per heavy atom. The van der Waals surface area contributed by atoms with E-state index in [0.29, 0.717) is 5.92 Å². The highest BCUT2D eigenvalue weighted by Gasteiger charge is 2.21. The van der Waals surface area contributed by atoms with Crippen molar-refractivity contribution in [2.45, 2.75) is 26.8 Å². The number of hydrogen-bond donors (Lipinski definition) is 0. The Bertz CT molecular complexity index is 671. The molecule has 0 aliphatic carbocycles. The fraction of sp³-hybridized carbons (Fsp3) is 0.409. The van der Waals surface area contributed by atoms with Crippen molar-refractivity contribution in [2.24, 2.45) is 5.92 Å². The Morgan fingerprint density at radius 1 is 0.880 bits per heavy atom. The monoisotopic (exact) mass is 336 g/mol. The molecule has 3 nitrogen and oxygen atoms in total. The molecule has 0 unspecified atom stereocenters. The van der Waals surface area contributed by atoms with E-state index in [2.05, 4.69) is 43.0 Å². The van der Waals surface area contributed by atoms with Crippen LogP contribution in [0.1, 0.15) is 35.3 Å². The molecule has 0 saturated carbocycles. The zero-order chi connectivity index (χ0) is 17.6. The minimum atomic E-state index is 0.151. The van der Waals surface area contributed by atoms with Gasteiger partial charge in [-0.15, -0.1) is 0 Å². The van der Waals surface area contributed by atoms with Crippen molar-refractivity contribution < 1.29 is 4.79 Å². The van der Waals surface area contributed by atoms with Gasteiger partial charge in [0, 0.05) is 38.3 Å². The third-order valence-electron chi connectivity index (χ3n) is 4.75. The molecule has 0 bridgehead atoms. The summed E-state index contributed by atoms with van der Waals surface area (Å²) in [6, 6.07) is 18.6. The summed E-state index contributed by atoms with van der Waals surface area (Å²) in [7, 11) is 0. The first kappa shape index (κ1) is 17.7. The van der Waals surface area contributed by atoms with Crippen molar-refractivity contribution in [1.82, 2.24) is 9.80 Å². The molecule has 0 atom stereocenters. The molecule has 1 aliphatic rings. The normalized spacial score (nSPS) is 15.6. The van der Waals surface area contributed by atoms with Crippen LogP contribution in [-0.4, -0.2) is 41.9 Å². The van der Waals surface area contributed by atoms with Crippen LogP contribution in [0.25, 0.3) is 0 Å². The van der Waals surface area contributed by atoms with Gasteiger partial charge in [-0.3, -0.25) is 9.69 Å². The van der Waals surface area contributed by atoms with E-state index in [1.54, 1.807) is 0 Å². The second kappa shape index (κ2) is 8.30. The van der Waals surface area contributed by atoms with Crippen molar-refractivity contribution in [3.63, 3.8) is 0 Å². The first-order valence-corrected chi connectivity index (χ1v) is 9.26. The zero-order valence-electron chi connectivity index (χ0n) is 15.3. The lowest BCUT2D eigenvalue weighted by molar-refractivity contribution is 0.0628. The highest BCUT2D eigenvalue weighted by atomic mass is 16.2. The maximum atomic E-state index is 12.5. The molecule has 1 saturated heterocycles. The van der Waals surface area contributed by atoms with Crippen LogP contribution in [0.5, 0.6) is 0 Å². The lowest BCUT2D eigenvalue weighted by Gasteiger charge is -2.34. The topological polar surface area (TPSA) is 23.6 Å². The maximum Gasteiger partial charge on any atom is 0.253 e. The van der Waals surface area contributed by atoms with E-state index in [4.69, 9.17) is 0 Å². The predicted octanol–water partition coefficient (Wildman–Crippen LogP) is 3.84. The van der Waals surface area contributed by atoms with Gasteiger partial charge in [0.1, 0.15) is 0 Å². The molecule has 3 heteroatoms. The molecular formula is C22H28N2O. The van der Waals surface area contributed by atoms with Crippen LogP contribution in [0.4, 0.5) is 0 Å². The molecule has 2 aromatic rings. The van der Waals surface area contributed by atoms with Crippen LogP contribution in [0.15, 0.2) is 54.6 Å². The fourth-order valence-corrected chi connectivity index (χ4v) is 3.38. The zero-order valence-corrected chi connectivity index (χ0v) is 15.3. The smallest absolute Gasteiger partial charge is 0.253 e. The van der Waals surface area contributed by atoms with Gasteiger partial charge in [-0.05, 0) is 35.6 Å². The first-order valence-electron chi connectivity index (χ1n) is 9.26. The van der Waals surface area contributed by atoms with Crippen LogP contribution >= 0.6 is 0 Å². The SMILES string of the molecule is CC(C)Cc1ccc(CN2CCN(C(=O)c3ccccc3)CC2)cc1. The molecule has 132 valence electrons. The number of carbonyl (C=O) groups is 1. The van der Waals surface area contributed by atoms with Crippen molar-refractivity contribution in [2.75, 3.05) is 26.2 Å². The summed E-state index contributed by atoms with van der Waals surface area (Å²) in [6.07, 6.45) is 1.14. The Hall–Kier alpha value is -2.13. The molecule has 1 aliphatic heterocycles. The summed E-state index contributed by atoms with van der Waals surface area (Å²) >= 11 is 0. The number of benzene rings is 2. The molecule has 0 aromatic heterocycles. The Kier molecular flexibility index (Phi) is 5.87. The number of carbonyl (C=O) groups excluding carboxylic acids is 1. The van der Waals surface area contributed by atoms with E-state index >= 15 is 0 Å². The number of rotatable bonds is 5. The molecule has 2 aromatic carbocycles. The summed E-state index contributed by atoms with van der Waals surface area (Å²) in [5, 5.41) is 0. The Balaban J connectivity index is 1.50. The quantitative estimate of drug-likeness (QED) is 0.828. The number of piperazine rings is 1. The molecule has 3 rings (SSSR count). The van der Waals surface area contributed by atoms with Gasteiger partial charge in [0.15, 0.2) is 0 Å². The van der Waals surface area contributed by atoms with Gasteiger partial charge in [-0.2, -0.15) is 0 Å². The van der Waals surface area contributed by atoms with Crippen LogP contribution in [0, 0.1) is 5.92 Å². The lowest BCUT2D eigenvalue weighted by Crippen LogP contribution is -2.48. The van der Waals surface area contributed by atoms with E-state index < -0.39 is 0 Å². The van der Waals surface area contributed by atoms with Gasteiger partial charge in [-0.25, -0.2) is 0 Å². The standard InChI is InChI=1S/C22H28N2O/c1-18(2)16-19-8-10-20(11-9-19)17-23-12-14-24(15-13-23)22(25)21-6-4-3-5-7-21/h3-11,18H,12-17H2,1-2H3. The van der Waals surface area contributed by atoms with Gasteiger partial charge in [0.05, 0.1) is 0 Å². The second-order valence-corrected chi connectivity index (χ2v) is 7.35. The van der Waals surface area contributed by atoms with E-state index in [-0.39, 0.29) is 5.91 Å². The molecule has 1 heterocycles. The molecule has 0 radical (unpaired) electrons. The Morgan fingerprint density at radius 2 is 1.48 bits per heavy atom. The summed E-state index contributed by atoms with van der Waals surface area (Å²) < 4.78 is 0. The predicted molar refractivity (Wildman–Crippen MR) is 103 cm³/mol. The van der Waals surface area contributed by atoms with Crippen molar-refractivity contribution in [1.29, 1.82) is 0 Å². The van der Waals surface area contributed by atoms with Gasteiger partial charge in [-0.1, -0.05) is 56.3 Å². The lowest BCUT2D eigenvalue weighted by atomic mass is 10.0.